The normalized spacial score (nSPS) is 16.9. The molecule has 2 rings (SSSR count). The van der Waals surface area contributed by atoms with Gasteiger partial charge in [0.25, 0.3) is 0 Å². The van der Waals surface area contributed by atoms with Gasteiger partial charge < -0.3 is 9.84 Å². The number of carboxylic acid groups (broad SMARTS) is 1. The minimum atomic E-state index is -0.927. The van der Waals surface area contributed by atoms with E-state index in [1.807, 2.05) is 0 Å². The van der Waals surface area contributed by atoms with Crippen molar-refractivity contribution < 1.29 is 23.4 Å². The van der Waals surface area contributed by atoms with E-state index in [4.69, 9.17) is 9.84 Å². The van der Waals surface area contributed by atoms with Crippen LogP contribution in [-0.2, 0) is 4.79 Å². The highest BCUT2D eigenvalue weighted by atomic mass is 19.1. The molecule has 0 radical (unpaired) electrons. The third kappa shape index (κ3) is 2.13. The molecule has 1 aliphatic carbocycles. The lowest BCUT2D eigenvalue weighted by molar-refractivity contribution is -0.144. The van der Waals surface area contributed by atoms with Crippen LogP contribution in [0, 0.1) is 17.0 Å². The van der Waals surface area contributed by atoms with Crippen molar-refractivity contribution in [3.8, 4) is 5.75 Å². The summed E-state index contributed by atoms with van der Waals surface area (Å²) in [5.41, 5.74) is -0.858. The third-order valence-electron chi connectivity index (χ3n) is 2.66. The van der Waals surface area contributed by atoms with Crippen LogP contribution in [0.4, 0.5) is 8.78 Å². The van der Waals surface area contributed by atoms with E-state index in [9.17, 15) is 13.6 Å². The van der Waals surface area contributed by atoms with Gasteiger partial charge in [0.1, 0.15) is 29.4 Å². The second-order valence-electron chi connectivity index (χ2n) is 3.98. The highest BCUT2D eigenvalue weighted by Gasteiger charge is 2.51. The van der Waals surface area contributed by atoms with Crippen molar-refractivity contribution in [3.63, 3.8) is 0 Å². The van der Waals surface area contributed by atoms with Crippen molar-refractivity contribution in [2.45, 2.75) is 12.8 Å². The molecule has 1 aliphatic rings. The topological polar surface area (TPSA) is 46.5 Å². The third-order valence-corrected chi connectivity index (χ3v) is 2.66. The Hall–Kier alpha value is -1.65. The molecule has 1 fully saturated rings. The Morgan fingerprint density at radius 2 is 1.88 bits per heavy atom. The second-order valence-corrected chi connectivity index (χ2v) is 3.98. The molecule has 1 N–H and O–H groups in total. The Labute approximate surface area is 90.7 Å². The number of carboxylic acids is 1. The van der Waals surface area contributed by atoms with Gasteiger partial charge in [-0.05, 0) is 12.8 Å². The quantitative estimate of drug-likeness (QED) is 0.859. The lowest BCUT2D eigenvalue weighted by Gasteiger charge is -2.11. The SMILES string of the molecule is O=C(O)C1(COc2cc(F)cc(F)c2)CC1. The van der Waals surface area contributed by atoms with E-state index in [2.05, 4.69) is 0 Å². The van der Waals surface area contributed by atoms with Crippen LogP contribution in [0.25, 0.3) is 0 Å². The first-order valence-corrected chi connectivity index (χ1v) is 4.84. The van der Waals surface area contributed by atoms with E-state index in [1.54, 1.807) is 0 Å². The average Bonchev–Trinajstić information content (AvgIpc) is 2.94. The van der Waals surface area contributed by atoms with Gasteiger partial charge in [0.15, 0.2) is 0 Å². The first-order valence-electron chi connectivity index (χ1n) is 4.84. The first kappa shape index (κ1) is 10.9. The maximum absolute atomic E-state index is 12.8. The molecule has 0 spiro atoms. The Morgan fingerprint density at radius 1 is 1.31 bits per heavy atom. The lowest BCUT2D eigenvalue weighted by Crippen LogP contribution is -2.22. The zero-order valence-corrected chi connectivity index (χ0v) is 8.37. The van der Waals surface area contributed by atoms with E-state index in [1.165, 1.54) is 0 Å². The minimum absolute atomic E-state index is 0.0185. The average molecular weight is 228 g/mol. The van der Waals surface area contributed by atoms with Crippen LogP contribution in [0.3, 0.4) is 0 Å². The largest absolute Gasteiger partial charge is 0.492 e. The van der Waals surface area contributed by atoms with Gasteiger partial charge in [0.2, 0.25) is 0 Å². The molecule has 16 heavy (non-hydrogen) atoms. The molecule has 86 valence electrons. The van der Waals surface area contributed by atoms with Gasteiger partial charge in [-0.15, -0.1) is 0 Å². The number of carbonyl (C=O) groups is 1. The molecule has 3 nitrogen and oxygen atoms in total. The van der Waals surface area contributed by atoms with Crippen LogP contribution in [-0.4, -0.2) is 17.7 Å². The molecular weight excluding hydrogens is 218 g/mol. The van der Waals surface area contributed by atoms with E-state index in [0.717, 1.165) is 18.2 Å². The second kappa shape index (κ2) is 3.73. The van der Waals surface area contributed by atoms with E-state index in [-0.39, 0.29) is 12.4 Å². The summed E-state index contributed by atoms with van der Waals surface area (Å²) in [5.74, 6) is -2.39. The number of halogens is 2. The maximum Gasteiger partial charge on any atom is 0.313 e. The molecule has 0 amide bonds. The number of rotatable bonds is 4. The molecule has 0 saturated heterocycles. The summed E-state index contributed by atoms with van der Waals surface area (Å²) in [7, 11) is 0. The molecule has 0 aliphatic heterocycles. The minimum Gasteiger partial charge on any atom is -0.492 e. The van der Waals surface area contributed by atoms with Crippen molar-refractivity contribution in [1.29, 1.82) is 0 Å². The van der Waals surface area contributed by atoms with Crippen LogP contribution in [0.5, 0.6) is 5.75 Å². The smallest absolute Gasteiger partial charge is 0.313 e. The molecule has 0 atom stereocenters. The molecule has 1 saturated carbocycles. The summed E-state index contributed by atoms with van der Waals surface area (Å²) >= 11 is 0. The summed E-state index contributed by atoms with van der Waals surface area (Å²) in [6.45, 7) is -0.0504. The molecule has 0 aromatic heterocycles. The van der Waals surface area contributed by atoms with Crippen LogP contribution < -0.4 is 4.74 Å². The summed E-state index contributed by atoms with van der Waals surface area (Å²) in [4.78, 5) is 10.8. The predicted octanol–water partition coefficient (Wildman–Crippen LogP) is 2.21. The van der Waals surface area contributed by atoms with Crippen molar-refractivity contribution in [3.05, 3.63) is 29.8 Å². The fourth-order valence-corrected chi connectivity index (χ4v) is 1.40. The van der Waals surface area contributed by atoms with E-state index < -0.39 is 23.0 Å². The standard InChI is InChI=1S/C11H10F2O3/c12-7-3-8(13)5-9(4-7)16-6-11(1-2-11)10(14)15/h3-5H,1-2,6H2,(H,14,15). The summed E-state index contributed by atoms with van der Waals surface area (Å²) in [6, 6.07) is 2.79. The Kier molecular flexibility index (Phi) is 2.53. The first-order chi connectivity index (χ1) is 7.52. The van der Waals surface area contributed by atoms with Crippen molar-refractivity contribution >= 4 is 5.97 Å². The van der Waals surface area contributed by atoms with Crippen LogP contribution in [0.2, 0.25) is 0 Å². The summed E-state index contributed by atoms with van der Waals surface area (Å²) in [6.07, 6.45) is 1.08. The maximum atomic E-state index is 12.8. The van der Waals surface area contributed by atoms with Crippen LogP contribution in [0.1, 0.15) is 12.8 Å². The molecule has 0 bridgehead atoms. The van der Waals surface area contributed by atoms with Gasteiger partial charge in [-0.1, -0.05) is 0 Å². The van der Waals surface area contributed by atoms with Gasteiger partial charge in [-0.2, -0.15) is 0 Å². The van der Waals surface area contributed by atoms with Gasteiger partial charge in [0, 0.05) is 18.2 Å². The molecule has 0 heterocycles. The van der Waals surface area contributed by atoms with Gasteiger partial charge in [0.05, 0.1) is 0 Å². The van der Waals surface area contributed by atoms with Crippen LogP contribution in [0.15, 0.2) is 18.2 Å². The number of aliphatic carboxylic acids is 1. The number of hydrogen-bond donors (Lipinski definition) is 1. The van der Waals surface area contributed by atoms with Gasteiger partial charge >= 0.3 is 5.97 Å². The molecule has 1 aromatic rings. The number of hydrogen-bond acceptors (Lipinski definition) is 2. The predicted molar refractivity (Wildman–Crippen MR) is 51.2 cm³/mol. The van der Waals surface area contributed by atoms with Gasteiger partial charge in [-0.25, -0.2) is 8.78 Å². The van der Waals surface area contributed by atoms with Crippen molar-refractivity contribution in [2.75, 3.05) is 6.61 Å². The molecule has 0 unspecified atom stereocenters. The Morgan fingerprint density at radius 3 is 2.31 bits per heavy atom. The monoisotopic (exact) mass is 228 g/mol. The Bertz CT molecular complexity index is 407. The zero-order valence-electron chi connectivity index (χ0n) is 8.37. The fraction of sp³-hybridized carbons (Fsp3) is 0.364. The van der Waals surface area contributed by atoms with Crippen LogP contribution >= 0.6 is 0 Å². The molecular formula is C11H10F2O3. The lowest BCUT2D eigenvalue weighted by atomic mass is 10.1. The highest BCUT2D eigenvalue weighted by molar-refractivity contribution is 5.77. The van der Waals surface area contributed by atoms with E-state index >= 15 is 0 Å². The Balaban J connectivity index is 2.02. The fourth-order valence-electron chi connectivity index (χ4n) is 1.40. The highest BCUT2D eigenvalue weighted by Crippen LogP contribution is 2.46. The number of benzene rings is 1. The molecule has 5 heteroatoms. The van der Waals surface area contributed by atoms with E-state index in [0.29, 0.717) is 12.8 Å². The van der Waals surface area contributed by atoms with Crippen molar-refractivity contribution in [2.24, 2.45) is 5.41 Å². The van der Waals surface area contributed by atoms with Gasteiger partial charge in [-0.3, -0.25) is 4.79 Å². The summed E-state index contributed by atoms with van der Waals surface area (Å²) in [5, 5.41) is 8.86. The zero-order chi connectivity index (χ0) is 11.8. The molecule has 1 aromatic carbocycles. The van der Waals surface area contributed by atoms with Crippen molar-refractivity contribution in [1.82, 2.24) is 0 Å². The number of ether oxygens (including phenoxy) is 1. The summed E-state index contributed by atoms with van der Waals surface area (Å²) < 4.78 is 30.7.